The Morgan fingerprint density at radius 1 is 1.12 bits per heavy atom. The highest BCUT2D eigenvalue weighted by atomic mass is 79.9. The predicted octanol–water partition coefficient (Wildman–Crippen LogP) is 3.92. The molecule has 1 amide bonds. The molecule has 3 rings (SSSR count). The summed E-state index contributed by atoms with van der Waals surface area (Å²) in [4.78, 5) is 17.0. The number of carbonyl (C=O) groups is 1. The fourth-order valence-corrected chi connectivity index (χ4v) is 5.59. The number of methoxy groups -OCH3 is 2. The third-order valence-corrected chi connectivity index (χ3v) is 6.98. The molecule has 0 aromatic heterocycles. The van der Waals surface area contributed by atoms with Gasteiger partial charge in [-0.05, 0) is 51.0 Å². The van der Waals surface area contributed by atoms with E-state index in [1.807, 2.05) is 17.0 Å². The summed E-state index contributed by atoms with van der Waals surface area (Å²) in [5.41, 5.74) is 1.07. The quantitative estimate of drug-likeness (QED) is 0.639. The second-order valence-corrected chi connectivity index (χ2v) is 8.66. The Bertz CT molecular complexity index is 637. The standard InChI is InChI=1S/C19H27BrN2O3S/c1-24-16-11-14(15(20)12-17(16)25-2)19-22(18(23)13-26-19)10-6-9-21-7-4-3-5-8-21/h11-12,19H,3-10,13H2,1-2H3. The zero-order valence-electron chi connectivity index (χ0n) is 15.5. The largest absolute Gasteiger partial charge is 0.493 e. The third-order valence-electron chi connectivity index (χ3n) is 5.06. The number of thioether (sulfide) groups is 1. The number of hydrogen-bond donors (Lipinski definition) is 0. The van der Waals surface area contributed by atoms with Crippen molar-refractivity contribution < 1.29 is 14.3 Å². The summed E-state index contributed by atoms with van der Waals surface area (Å²) in [5.74, 6) is 2.14. The minimum Gasteiger partial charge on any atom is -0.493 e. The van der Waals surface area contributed by atoms with Crippen LogP contribution in [-0.4, -0.2) is 61.9 Å². The highest BCUT2D eigenvalue weighted by molar-refractivity contribution is 9.10. The Balaban J connectivity index is 1.69. The van der Waals surface area contributed by atoms with Crippen molar-refractivity contribution in [3.63, 3.8) is 0 Å². The van der Waals surface area contributed by atoms with E-state index in [1.165, 1.54) is 32.4 Å². The maximum atomic E-state index is 12.4. The van der Waals surface area contributed by atoms with Crippen molar-refractivity contribution in [2.45, 2.75) is 31.1 Å². The van der Waals surface area contributed by atoms with Gasteiger partial charge in [-0.3, -0.25) is 4.79 Å². The lowest BCUT2D eigenvalue weighted by molar-refractivity contribution is -0.128. The molecule has 2 saturated heterocycles. The van der Waals surface area contributed by atoms with Crippen LogP contribution in [0.3, 0.4) is 0 Å². The molecule has 0 bridgehead atoms. The van der Waals surface area contributed by atoms with Crippen LogP contribution >= 0.6 is 27.7 Å². The number of ether oxygens (including phenoxy) is 2. The average Bonchev–Trinajstić information content (AvgIpc) is 3.03. The molecular formula is C19H27BrN2O3S. The number of halogens is 1. The second kappa shape index (κ2) is 9.33. The van der Waals surface area contributed by atoms with Gasteiger partial charge in [-0.2, -0.15) is 0 Å². The number of rotatable bonds is 7. The van der Waals surface area contributed by atoms with E-state index in [1.54, 1.807) is 26.0 Å². The second-order valence-electron chi connectivity index (χ2n) is 6.74. The molecule has 144 valence electrons. The maximum absolute atomic E-state index is 12.4. The average molecular weight is 443 g/mol. The van der Waals surface area contributed by atoms with E-state index in [4.69, 9.17) is 9.47 Å². The fraction of sp³-hybridized carbons (Fsp3) is 0.632. The molecule has 1 aromatic rings. The van der Waals surface area contributed by atoms with E-state index in [-0.39, 0.29) is 11.3 Å². The molecule has 2 fully saturated rings. The van der Waals surface area contributed by atoms with Gasteiger partial charge in [0.05, 0.1) is 20.0 Å². The first kappa shape index (κ1) is 19.8. The molecule has 0 radical (unpaired) electrons. The van der Waals surface area contributed by atoms with Gasteiger partial charge in [-0.1, -0.05) is 22.4 Å². The lowest BCUT2D eigenvalue weighted by Crippen LogP contribution is -2.34. The van der Waals surface area contributed by atoms with Crippen molar-refractivity contribution in [1.29, 1.82) is 0 Å². The molecule has 2 heterocycles. The van der Waals surface area contributed by atoms with Crippen molar-refractivity contribution in [1.82, 2.24) is 9.80 Å². The maximum Gasteiger partial charge on any atom is 0.233 e. The van der Waals surface area contributed by atoms with E-state index in [0.29, 0.717) is 17.3 Å². The van der Waals surface area contributed by atoms with Crippen LogP contribution in [0.2, 0.25) is 0 Å². The van der Waals surface area contributed by atoms with Crippen LogP contribution in [0.5, 0.6) is 11.5 Å². The van der Waals surface area contributed by atoms with Crippen molar-refractivity contribution in [2.24, 2.45) is 0 Å². The number of carbonyl (C=O) groups excluding carboxylic acids is 1. The summed E-state index contributed by atoms with van der Waals surface area (Å²) in [6, 6.07) is 3.90. The summed E-state index contributed by atoms with van der Waals surface area (Å²) in [5, 5.41) is 0.0260. The van der Waals surface area contributed by atoms with Crippen LogP contribution in [0, 0.1) is 0 Å². The predicted molar refractivity (Wildman–Crippen MR) is 109 cm³/mol. The Morgan fingerprint density at radius 3 is 2.50 bits per heavy atom. The molecule has 1 aromatic carbocycles. The first-order valence-corrected chi connectivity index (χ1v) is 11.0. The van der Waals surface area contributed by atoms with Gasteiger partial charge in [0.25, 0.3) is 0 Å². The summed E-state index contributed by atoms with van der Waals surface area (Å²) in [6.07, 6.45) is 4.99. The zero-order valence-corrected chi connectivity index (χ0v) is 17.9. The first-order chi connectivity index (χ1) is 12.6. The lowest BCUT2D eigenvalue weighted by Gasteiger charge is -2.29. The van der Waals surface area contributed by atoms with Crippen molar-refractivity contribution in [3.8, 4) is 11.5 Å². The van der Waals surface area contributed by atoms with Gasteiger partial charge in [0.2, 0.25) is 5.91 Å². The third kappa shape index (κ3) is 4.49. The Morgan fingerprint density at radius 2 is 1.81 bits per heavy atom. The monoisotopic (exact) mass is 442 g/mol. The molecule has 26 heavy (non-hydrogen) atoms. The van der Waals surface area contributed by atoms with Gasteiger partial charge in [0.15, 0.2) is 11.5 Å². The summed E-state index contributed by atoms with van der Waals surface area (Å²) < 4.78 is 11.8. The van der Waals surface area contributed by atoms with Gasteiger partial charge in [0, 0.05) is 16.6 Å². The molecule has 7 heteroatoms. The molecule has 2 aliphatic heterocycles. The molecule has 0 aliphatic carbocycles. The van der Waals surface area contributed by atoms with Crippen LogP contribution in [-0.2, 0) is 4.79 Å². The topological polar surface area (TPSA) is 42.0 Å². The van der Waals surface area contributed by atoms with E-state index in [0.717, 1.165) is 29.5 Å². The molecular weight excluding hydrogens is 416 g/mol. The Labute approximate surface area is 168 Å². The number of nitrogens with zero attached hydrogens (tertiary/aromatic N) is 2. The van der Waals surface area contributed by atoms with E-state index >= 15 is 0 Å². The molecule has 0 N–H and O–H groups in total. The van der Waals surface area contributed by atoms with Gasteiger partial charge in [-0.15, -0.1) is 11.8 Å². The zero-order chi connectivity index (χ0) is 18.5. The van der Waals surface area contributed by atoms with E-state index in [2.05, 4.69) is 20.8 Å². The minimum absolute atomic E-state index is 0.0260. The smallest absolute Gasteiger partial charge is 0.233 e. The Kier molecular flexibility index (Phi) is 7.12. The van der Waals surface area contributed by atoms with Crippen LogP contribution < -0.4 is 9.47 Å². The number of amides is 1. The molecule has 1 atom stereocenters. The molecule has 2 aliphatic rings. The fourth-order valence-electron chi connectivity index (χ4n) is 3.66. The van der Waals surface area contributed by atoms with Crippen molar-refractivity contribution in [2.75, 3.05) is 46.2 Å². The number of hydrogen-bond acceptors (Lipinski definition) is 5. The highest BCUT2D eigenvalue weighted by Crippen LogP contribution is 2.45. The lowest BCUT2D eigenvalue weighted by atomic mass is 10.1. The van der Waals surface area contributed by atoms with Crippen LogP contribution in [0.25, 0.3) is 0 Å². The number of benzene rings is 1. The summed E-state index contributed by atoms with van der Waals surface area (Å²) in [6.45, 7) is 4.28. The molecule has 0 spiro atoms. The minimum atomic E-state index is 0.0260. The number of piperidine rings is 1. The van der Waals surface area contributed by atoms with Crippen LogP contribution in [0.15, 0.2) is 16.6 Å². The van der Waals surface area contributed by atoms with Crippen molar-refractivity contribution in [3.05, 3.63) is 22.2 Å². The van der Waals surface area contributed by atoms with Crippen molar-refractivity contribution >= 4 is 33.6 Å². The molecule has 0 saturated carbocycles. The van der Waals surface area contributed by atoms with Crippen LogP contribution in [0.4, 0.5) is 0 Å². The van der Waals surface area contributed by atoms with Gasteiger partial charge in [0.1, 0.15) is 5.37 Å². The molecule has 5 nitrogen and oxygen atoms in total. The Hall–Kier alpha value is -0.920. The van der Waals surface area contributed by atoms with E-state index < -0.39 is 0 Å². The number of likely N-dealkylation sites (tertiary alicyclic amines) is 1. The summed E-state index contributed by atoms with van der Waals surface area (Å²) >= 11 is 5.33. The summed E-state index contributed by atoms with van der Waals surface area (Å²) in [7, 11) is 3.27. The van der Waals surface area contributed by atoms with E-state index in [9.17, 15) is 4.79 Å². The normalized spacial score (nSPS) is 21.3. The highest BCUT2D eigenvalue weighted by Gasteiger charge is 2.34. The van der Waals surface area contributed by atoms with Gasteiger partial charge >= 0.3 is 0 Å². The SMILES string of the molecule is COc1cc(Br)c(C2SCC(=O)N2CCCN2CCCCC2)cc1OC. The van der Waals surface area contributed by atoms with Gasteiger partial charge in [-0.25, -0.2) is 0 Å². The molecule has 1 unspecified atom stereocenters. The van der Waals surface area contributed by atoms with Crippen LogP contribution in [0.1, 0.15) is 36.6 Å². The van der Waals surface area contributed by atoms with Gasteiger partial charge < -0.3 is 19.3 Å². The first-order valence-electron chi connectivity index (χ1n) is 9.19.